The average Bonchev–Trinajstić information content (AvgIpc) is 2.95. The van der Waals surface area contributed by atoms with Crippen molar-refractivity contribution >= 4 is 33.0 Å². The number of hydrogen-bond donors (Lipinski definition) is 0. The van der Waals surface area contributed by atoms with Crippen molar-refractivity contribution in [3.63, 3.8) is 0 Å². The fraction of sp³-hybridized carbons (Fsp3) is 0.250. The number of benzene rings is 2. The summed E-state index contributed by atoms with van der Waals surface area (Å²) in [5.74, 6) is 0.0000667. The third kappa shape index (κ3) is 4.00. The molecule has 3 rings (SSSR count). The van der Waals surface area contributed by atoms with Gasteiger partial charge in [0.15, 0.2) is 9.84 Å². The molecule has 0 fully saturated rings. The molecule has 2 aromatic rings. The molecule has 0 spiro atoms. The summed E-state index contributed by atoms with van der Waals surface area (Å²) in [6.45, 7) is 4.19. The minimum Gasteiger partial charge on any atom is -0.300 e. The Kier molecular flexibility index (Phi) is 5.21. The molecule has 1 amide bonds. The zero-order valence-corrected chi connectivity index (χ0v) is 16.2. The van der Waals surface area contributed by atoms with E-state index >= 15 is 0 Å². The van der Waals surface area contributed by atoms with Crippen molar-refractivity contribution in [2.45, 2.75) is 25.8 Å². The van der Waals surface area contributed by atoms with E-state index in [-0.39, 0.29) is 11.7 Å². The number of carbonyl (C=O) groups excluding carboxylic acids is 1. The summed E-state index contributed by atoms with van der Waals surface area (Å²) in [4.78, 5) is 14.7. The molecule has 6 heteroatoms. The molecule has 0 N–H and O–H groups in total. The van der Waals surface area contributed by atoms with Crippen LogP contribution in [0.1, 0.15) is 35.7 Å². The van der Waals surface area contributed by atoms with Gasteiger partial charge in [-0.25, -0.2) is 8.42 Å². The summed E-state index contributed by atoms with van der Waals surface area (Å²) >= 11 is 5.91. The Morgan fingerprint density at radius 3 is 2.19 bits per heavy atom. The minimum absolute atomic E-state index is 0.113. The number of amides is 1. The van der Waals surface area contributed by atoms with Crippen LogP contribution in [0.2, 0.25) is 5.02 Å². The van der Waals surface area contributed by atoms with Gasteiger partial charge in [0, 0.05) is 21.7 Å². The fourth-order valence-electron chi connectivity index (χ4n) is 2.93. The van der Waals surface area contributed by atoms with E-state index in [1.807, 2.05) is 24.3 Å². The molecule has 26 heavy (non-hydrogen) atoms. The maximum absolute atomic E-state index is 13.1. The SMILES string of the molecule is CC(C)c1ccc(N(C(=O)c2ccc(Cl)cc2)C2C=CS(=O)(=O)C2)cc1. The zero-order valence-electron chi connectivity index (χ0n) is 14.6. The van der Waals surface area contributed by atoms with Crippen LogP contribution in [0, 0.1) is 0 Å². The smallest absolute Gasteiger partial charge is 0.258 e. The largest absolute Gasteiger partial charge is 0.300 e. The Morgan fingerprint density at radius 2 is 1.69 bits per heavy atom. The van der Waals surface area contributed by atoms with Crippen LogP contribution in [-0.4, -0.2) is 26.1 Å². The van der Waals surface area contributed by atoms with Crippen LogP contribution in [0.15, 0.2) is 60.0 Å². The van der Waals surface area contributed by atoms with Crippen LogP contribution < -0.4 is 4.90 Å². The highest BCUT2D eigenvalue weighted by molar-refractivity contribution is 7.94. The summed E-state index contributed by atoms with van der Waals surface area (Å²) in [6.07, 6.45) is 1.57. The molecular formula is C20H20ClNO3S. The minimum atomic E-state index is -3.29. The molecule has 4 nitrogen and oxygen atoms in total. The first kappa shape index (κ1) is 18.7. The molecule has 0 radical (unpaired) electrons. The van der Waals surface area contributed by atoms with Gasteiger partial charge in [-0.15, -0.1) is 0 Å². The molecular weight excluding hydrogens is 370 g/mol. The van der Waals surface area contributed by atoms with Gasteiger partial charge in [0.2, 0.25) is 0 Å². The predicted octanol–water partition coefficient (Wildman–Crippen LogP) is 4.42. The summed E-state index contributed by atoms with van der Waals surface area (Å²) in [6, 6.07) is 13.7. The lowest BCUT2D eigenvalue weighted by molar-refractivity contribution is 0.0983. The molecule has 1 unspecified atom stereocenters. The topological polar surface area (TPSA) is 54.5 Å². The van der Waals surface area contributed by atoms with Crippen molar-refractivity contribution in [1.29, 1.82) is 0 Å². The Balaban J connectivity index is 2.00. The first-order valence-electron chi connectivity index (χ1n) is 8.37. The lowest BCUT2D eigenvalue weighted by atomic mass is 10.0. The standard InChI is InChI=1S/C20H20ClNO3S/c1-14(2)15-5-9-18(10-6-15)22(19-11-12-26(24,25)13-19)20(23)16-3-7-17(21)8-4-16/h3-12,14,19H,13H2,1-2H3. The average molecular weight is 390 g/mol. The molecule has 1 aliphatic rings. The number of rotatable bonds is 4. The maximum atomic E-state index is 13.1. The highest BCUT2D eigenvalue weighted by Crippen LogP contribution is 2.27. The van der Waals surface area contributed by atoms with Gasteiger partial charge in [-0.05, 0) is 54.0 Å². The highest BCUT2D eigenvalue weighted by atomic mass is 35.5. The lowest BCUT2D eigenvalue weighted by Crippen LogP contribution is -2.41. The monoisotopic (exact) mass is 389 g/mol. The van der Waals surface area contributed by atoms with E-state index in [1.54, 1.807) is 30.3 Å². The third-order valence-corrected chi connectivity index (χ3v) is 6.02. The third-order valence-electron chi connectivity index (χ3n) is 4.39. The fourth-order valence-corrected chi connectivity index (χ4v) is 4.32. The Hall–Kier alpha value is -2.11. The molecule has 1 aliphatic heterocycles. The van der Waals surface area contributed by atoms with Crippen LogP contribution >= 0.6 is 11.6 Å². The van der Waals surface area contributed by atoms with Gasteiger partial charge in [0.05, 0.1) is 11.8 Å². The van der Waals surface area contributed by atoms with Crippen molar-refractivity contribution in [3.05, 3.63) is 76.2 Å². The van der Waals surface area contributed by atoms with Crippen molar-refractivity contribution in [2.75, 3.05) is 10.7 Å². The Bertz CT molecular complexity index is 932. The van der Waals surface area contributed by atoms with E-state index in [2.05, 4.69) is 13.8 Å². The summed E-state index contributed by atoms with van der Waals surface area (Å²) < 4.78 is 23.8. The van der Waals surface area contributed by atoms with E-state index in [1.165, 1.54) is 10.3 Å². The number of anilines is 1. The summed E-state index contributed by atoms with van der Waals surface area (Å²) in [7, 11) is -3.29. The Morgan fingerprint density at radius 1 is 1.08 bits per heavy atom. The lowest BCUT2D eigenvalue weighted by Gasteiger charge is -2.28. The predicted molar refractivity (Wildman–Crippen MR) is 106 cm³/mol. The van der Waals surface area contributed by atoms with Gasteiger partial charge in [0.1, 0.15) is 0 Å². The molecule has 136 valence electrons. The second-order valence-electron chi connectivity index (χ2n) is 6.65. The second-order valence-corrected chi connectivity index (χ2v) is 9.02. The van der Waals surface area contributed by atoms with Crippen molar-refractivity contribution < 1.29 is 13.2 Å². The highest BCUT2D eigenvalue weighted by Gasteiger charge is 2.32. The second kappa shape index (κ2) is 7.25. The number of sulfone groups is 1. The number of hydrogen-bond acceptors (Lipinski definition) is 3. The van der Waals surface area contributed by atoms with Crippen molar-refractivity contribution in [1.82, 2.24) is 0 Å². The molecule has 0 aliphatic carbocycles. The van der Waals surface area contributed by atoms with Gasteiger partial charge in [0.25, 0.3) is 5.91 Å². The first-order chi connectivity index (χ1) is 12.3. The Labute approximate surface area is 159 Å². The van der Waals surface area contributed by atoms with Crippen LogP contribution in [0.5, 0.6) is 0 Å². The molecule has 0 saturated heterocycles. The quantitative estimate of drug-likeness (QED) is 0.777. The van der Waals surface area contributed by atoms with Gasteiger partial charge in [-0.1, -0.05) is 37.6 Å². The molecule has 1 atom stereocenters. The van der Waals surface area contributed by atoms with Crippen LogP contribution in [0.4, 0.5) is 5.69 Å². The van der Waals surface area contributed by atoms with E-state index in [9.17, 15) is 13.2 Å². The van der Waals surface area contributed by atoms with Crippen molar-refractivity contribution in [2.24, 2.45) is 0 Å². The van der Waals surface area contributed by atoms with E-state index in [4.69, 9.17) is 11.6 Å². The summed E-state index contributed by atoms with van der Waals surface area (Å²) in [5, 5.41) is 1.72. The molecule has 1 heterocycles. The first-order valence-corrected chi connectivity index (χ1v) is 10.5. The van der Waals surface area contributed by atoms with E-state index < -0.39 is 15.9 Å². The molecule has 0 aromatic heterocycles. The van der Waals surface area contributed by atoms with Gasteiger partial charge < -0.3 is 4.90 Å². The van der Waals surface area contributed by atoms with Crippen LogP contribution in [-0.2, 0) is 9.84 Å². The van der Waals surface area contributed by atoms with Gasteiger partial charge in [-0.3, -0.25) is 4.79 Å². The van der Waals surface area contributed by atoms with Crippen LogP contribution in [0.3, 0.4) is 0 Å². The van der Waals surface area contributed by atoms with Crippen LogP contribution in [0.25, 0.3) is 0 Å². The summed E-state index contributed by atoms with van der Waals surface area (Å²) in [5.41, 5.74) is 2.28. The molecule has 0 saturated carbocycles. The van der Waals surface area contributed by atoms with Crippen molar-refractivity contribution in [3.8, 4) is 0 Å². The number of carbonyl (C=O) groups is 1. The zero-order chi connectivity index (χ0) is 18.9. The number of halogens is 1. The molecule has 2 aromatic carbocycles. The maximum Gasteiger partial charge on any atom is 0.258 e. The molecule has 0 bridgehead atoms. The normalized spacial score (nSPS) is 18.2. The van der Waals surface area contributed by atoms with E-state index in [0.29, 0.717) is 22.2 Å². The van der Waals surface area contributed by atoms with Gasteiger partial charge >= 0.3 is 0 Å². The number of nitrogens with zero attached hydrogens (tertiary/aromatic N) is 1. The van der Waals surface area contributed by atoms with Gasteiger partial charge in [-0.2, -0.15) is 0 Å². The van der Waals surface area contributed by atoms with E-state index in [0.717, 1.165) is 5.56 Å².